The fourth-order valence-electron chi connectivity index (χ4n) is 1.75. The average molecular weight is 225 g/mol. The molecule has 86 valence electrons. The van der Waals surface area contributed by atoms with Crippen molar-refractivity contribution in [3.63, 3.8) is 0 Å². The molecular weight excluding hydrogens is 210 g/mol. The third-order valence-corrected chi connectivity index (χ3v) is 2.69. The van der Waals surface area contributed by atoms with Crippen LogP contribution < -0.4 is 0 Å². The largest absolute Gasteiger partial charge is 0.299 e. The first kappa shape index (κ1) is 11.5. The van der Waals surface area contributed by atoms with Crippen molar-refractivity contribution in [1.82, 2.24) is 4.98 Å². The summed E-state index contributed by atoms with van der Waals surface area (Å²) in [5.41, 5.74) is 2.26. The summed E-state index contributed by atoms with van der Waals surface area (Å²) in [7, 11) is 0. The molecule has 0 atom stereocenters. The van der Waals surface area contributed by atoms with E-state index < -0.39 is 0 Å². The number of pyridine rings is 1. The molecule has 17 heavy (non-hydrogen) atoms. The molecule has 1 heterocycles. The van der Waals surface area contributed by atoms with Crippen LogP contribution >= 0.6 is 0 Å². The van der Waals surface area contributed by atoms with E-state index >= 15 is 0 Å². The zero-order valence-corrected chi connectivity index (χ0v) is 9.67. The number of aromatic nitrogens is 1. The molecule has 0 spiro atoms. The van der Waals surface area contributed by atoms with Gasteiger partial charge in [-0.05, 0) is 29.7 Å². The number of carbonyl (C=O) groups excluding carboxylic acids is 1. The normalized spacial score (nSPS) is 10.1. The van der Waals surface area contributed by atoms with E-state index in [0.717, 1.165) is 12.0 Å². The zero-order valence-electron chi connectivity index (χ0n) is 9.67. The van der Waals surface area contributed by atoms with Crippen molar-refractivity contribution in [2.24, 2.45) is 0 Å². The molecule has 2 heteroatoms. The van der Waals surface area contributed by atoms with E-state index in [1.54, 1.807) is 12.4 Å². The van der Waals surface area contributed by atoms with Gasteiger partial charge in [0.25, 0.3) is 0 Å². The van der Waals surface area contributed by atoms with Gasteiger partial charge in [-0.15, -0.1) is 0 Å². The zero-order chi connectivity index (χ0) is 11.9. The third kappa shape index (κ3) is 3.83. The van der Waals surface area contributed by atoms with Crippen LogP contribution in [-0.2, 0) is 17.6 Å². The number of hydrogen-bond donors (Lipinski definition) is 0. The van der Waals surface area contributed by atoms with Gasteiger partial charge in [0.1, 0.15) is 5.78 Å². The number of hydrogen-bond acceptors (Lipinski definition) is 2. The lowest BCUT2D eigenvalue weighted by Gasteiger charge is -2.01. The molecule has 1 aromatic heterocycles. The summed E-state index contributed by atoms with van der Waals surface area (Å²) >= 11 is 0. The Bertz CT molecular complexity index is 465. The molecule has 0 aliphatic heterocycles. The molecule has 0 aliphatic rings. The van der Waals surface area contributed by atoms with Crippen molar-refractivity contribution in [3.8, 4) is 0 Å². The number of aryl methyl sites for hydroxylation is 1. The van der Waals surface area contributed by atoms with E-state index in [4.69, 9.17) is 0 Å². The summed E-state index contributed by atoms with van der Waals surface area (Å²) in [4.78, 5) is 15.7. The first-order valence-corrected chi connectivity index (χ1v) is 5.79. The predicted octanol–water partition coefficient (Wildman–Crippen LogP) is 2.83. The quantitative estimate of drug-likeness (QED) is 0.783. The minimum atomic E-state index is 0.278. The lowest BCUT2D eigenvalue weighted by Crippen LogP contribution is -2.04. The standard InChI is InChI=1S/C15H15NO/c17-15(12-14-8-10-16-11-9-14)7-6-13-4-2-1-3-5-13/h1-5,8-11H,6-7,12H2. The monoisotopic (exact) mass is 225 g/mol. The van der Waals surface area contributed by atoms with Crippen LogP contribution in [0.1, 0.15) is 17.5 Å². The molecule has 2 nitrogen and oxygen atoms in total. The molecule has 0 N–H and O–H groups in total. The smallest absolute Gasteiger partial charge is 0.137 e. The van der Waals surface area contributed by atoms with Crippen LogP contribution in [0.3, 0.4) is 0 Å². The van der Waals surface area contributed by atoms with Gasteiger partial charge in [-0.25, -0.2) is 0 Å². The molecule has 0 unspecified atom stereocenters. The summed E-state index contributed by atoms with van der Waals surface area (Å²) in [6.07, 6.45) is 5.38. The van der Waals surface area contributed by atoms with E-state index in [1.807, 2.05) is 30.3 Å². The molecule has 0 saturated carbocycles. The topological polar surface area (TPSA) is 30.0 Å². The first-order chi connectivity index (χ1) is 8.34. The van der Waals surface area contributed by atoms with Crippen LogP contribution in [0.25, 0.3) is 0 Å². The summed E-state index contributed by atoms with van der Waals surface area (Å²) in [6.45, 7) is 0. The van der Waals surface area contributed by atoms with E-state index in [-0.39, 0.29) is 5.78 Å². The predicted molar refractivity (Wildman–Crippen MR) is 67.7 cm³/mol. The van der Waals surface area contributed by atoms with Crippen LogP contribution in [0.2, 0.25) is 0 Å². The molecule has 0 saturated heterocycles. The van der Waals surface area contributed by atoms with Crippen LogP contribution in [0.5, 0.6) is 0 Å². The summed E-state index contributed by atoms with van der Waals surface area (Å²) in [6, 6.07) is 13.9. The lowest BCUT2D eigenvalue weighted by atomic mass is 10.0. The van der Waals surface area contributed by atoms with Gasteiger partial charge in [0, 0.05) is 25.2 Å². The minimum absolute atomic E-state index is 0.278. The molecule has 0 bridgehead atoms. The maximum absolute atomic E-state index is 11.8. The van der Waals surface area contributed by atoms with Crippen molar-refractivity contribution < 1.29 is 4.79 Å². The van der Waals surface area contributed by atoms with Crippen molar-refractivity contribution in [1.29, 1.82) is 0 Å². The fourth-order valence-corrected chi connectivity index (χ4v) is 1.75. The second-order valence-corrected chi connectivity index (χ2v) is 4.06. The highest BCUT2D eigenvalue weighted by Crippen LogP contribution is 2.06. The van der Waals surface area contributed by atoms with Gasteiger partial charge < -0.3 is 0 Å². The van der Waals surface area contributed by atoms with E-state index in [2.05, 4.69) is 17.1 Å². The van der Waals surface area contributed by atoms with Crippen molar-refractivity contribution in [2.75, 3.05) is 0 Å². The Morgan fingerprint density at radius 1 is 0.941 bits per heavy atom. The number of nitrogens with zero attached hydrogens (tertiary/aromatic N) is 1. The maximum atomic E-state index is 11.8. The van der Waals surface area contributed by atoms with Gasteiger partial charge in [0.15, 0.2) is 0 Å². The average Bonchev–Trinajstić information content (AvgIpc) is 2.39. The molecule has 2 rings (SSSR count). The minimum Gasteiger partial charge on any atom is -0.299 e. The SMILES string of the molecule is O=C(CCc1ccccc1)Cc1ccncc1. The summed E-state index contributed by atoms with van der Waals surface area (Å²) < 4.78 is 0. The maximum Gasteiger partial charge on any atom is 0.137 e. The number of benzene rings is 1. The van der Waals surface area contributed by atoms with Crippen LogP contribution in [0, 0.1) is 0 Å². The first-order valence-electron chi connectivity index (χ1n) is 5.79. The molecule has 0 fully saturated rings. The van der Waals surface area contributed by atoms with Gasteiger partial charge >= 0.3 is 0 Å². The molecule has 1 aromatic carbocycles. The Labute approximate surface area is 101 Å². The van der Waals surface area contributed by atoms with Gasteiger partial charge in [-0.2, -0.15) is 0 Å². The van der Waals surface area contributed by atoms with Crippen molar-refractivity contribution >= 4 is 5.78 Å². The lowest BCUT2D eigenvalue weighted by molar-refractivity contribution is -0.118. The van der Waals surface area contributed by atoms with Crippen LogP contribution in [-0.4, -0.2) is 10.8 Å². The highest BCUT2D eigenvalue weighted by molar-refractivity contribution is 5.81. The van der Waals surface area contributed by atoms with Crippen molar-refractivity contribution in [3.05, 3.63) is 66.0 Å². The Kier molecular flexibility index (Phi) is 4.03. The second kappa shape index (κ2) is 5.94. The Hall–Kier alpha value is -1.96. The highest BCUT2D eigenvalue weighted by atomic mass is 16.1. The van der Waals surface area contributed by atoms with Gasteiger partial charge in [0.2, 0.25) is 0 Å². The molecule has 0 aliphatic carbocycles. The third-order valence-electron chi connectivity index (χ3n) is 2.69. The summed E-state index contributed by atoms with van der Waals surface area (Å²) in [5, 5.41) is 0. The van der Waals surface area contributed by atoms with E-state index in [9.17, 15) is 4.79 Å². The van der Waals surface area contributed by atoms with Crippen molar-refractivity contribution in [2.45, 2.75) is 19.3 Å². The molecule has 2 aromatic rings. The van der Waals surface area contributed by atoms with Crippen LogP contribution in [0.15, 0.2) is 54.9 Å². The van der Waals surface area contributed by atoms with E-state index in [0.29, 0.717) is 12.8 Å². The number of Topliss-reactive ketones (excluding diaryl/α,β-unsaturated/α-hetero) is 1. The number of carbonyl (C=O) groups is 1. The second-order valence-electron chi connectivity index (χ2n) is 4.06. The van der Waals surface area contributed by atoms with Gasteiger partial charge in [-0.1, -0.05) is 30.3 Å². The Balaban J connectivity index is 1.83. The van der Waals surface area contributed by atoms with Gasteiger partial charge in [-0.3, -0.25) is 9.78 Å². The molecule has 0 radical (unpaired) electrons. The van der Waals surface area contributed by atoms with E-state index in [1.165, 1.54) is 5.56 Å². The number of ketones is 1. The number of rotatable bonds is 5. The summed E-state index contributed by atoms with van der Waals surface area (Å²) in [5.74, 6) is 0.278. The van der Waals surface area contributed by atoms with Crippen LogP contribution in [0.4, 0.5) is 0 Å². The Morgan fingerprint density at radius 3 is 2.35 bits per heavy atom. The fraction of sp³-hybridized carbons (Fsp3) is 0.200. The molecular formula is C15H15NO. The Morgan fingerprint density at radius 2 is 1.65 bits per heavy atom. The molecule has 0 amide bonds. The van der Waals surface area contributed by atoms with Gasteiger partial charge in [0.05, 0.1) is 0 Å². The highest BCUT2D eigenvalue weighted by Gasteiger charge is 2.03.